The minimum atomic E-state index is -0.422. The van der Waals surface area contributed by atoms with Crippen LogP contribution in [0.1, 0.15) is 26.7 Å². The highest BCUT2D eigenvalue weighted by atomic mass is 16.3. The Labute approximate surface area is 85.3 Å². The van der Waals surface area contributed by atoms with Crippen LogP contribution in [0.3, 0.4) is 0 Å². The highest BCUT2D eigenvalue weighted by molar-refractivity contribution is 5.10. The van der Waals surface area contributed by atoms with Crippen LogP contribution in [0.2, 0.25) is 0 Å². The van der Waals surface area contributed by atoms with Crippen molar-refractivity contribution >= 4 is 0 Å². The number of hydrogen-bond donors (Lipinski definition) is 2. The van der Waals surface area contributed by atoms with E-state index in [1.165, 1.54) is 6.42 Å². The molecule has 2 bridgehead atoms. The zero-order valence-corrected chi connectivity index (χ0v) is 8.93. The van der Waals surface area contributed by atoms with Gasteiger partial charge in [-0.05, 0) is 48.3 Å². The van der Waals surface area contributed by atoms with Crippen LogP contribution in [-0.4, -0.2) is 22.4 Å². The molecule has 0 amide bonds. The molecule has 2 N–H and O–H groups in total. The summed E-state index contributed by atoms with van der Waals surface area (Å²) < 4.78 is 0. The third-order valence-corrected chi connectivity index (χ3v) is 5.46. The zero-order valence-electron chi connectivity index (χ0n) is 8.93. The third kappa shape index (κ3) is 0.892. The van der Waals surface area contributed by atoms with Crippen LogP contribution in [0.5, 0.6) is 0 Å². The molecule has 0 aromatic carbocycles. The van der Waals surface area contributed by atoms with Crippen molar-refractivity contribution in [3.05, 3.63) is 0 Å². The summed E-state index contributed by atoms with van der Waals surface area (Å²) in [7, 11) is 0. The third-order valence-electron chi connectivity index (χ3n) is 5.46. The standard InChI is InChI=1S/C12H20O2/c1-5-3-7-8-4-9(10(7)6(5)2)12(14)11(8)13/h5-14H,3-4H2,1-2H3. The minimum absolute atomic E-state index is 0.403. The Hall–Kier alpha value is -0.0800. The summed E-state index contributed by atoms with van der Waals surface area (Å²) >= 11 is 0. The smallest absolute Gasteiger partial charge is 0.0833 e. The van der Waals surface area contributed by atoms with E-state index in [2.05, 4.69) is 13.8 Å². The van der Waals surface area contributed by atoms with E-state index in [1.807, 2.05) is 0 Å². The number of hydrogen-bond acceptors (Lipinski definition) is 2. The summed E-state index contributed by atoms with van der Waals surface area (Å²) in [5.41, 5.74) is 0. The Kier molecular flexibility index (Phi) is 1.79. The Morgan fingerprint density at radius 1 is 0.857 bits per heavy atom. The maximum Gasteiger partial charge on any atom is 0.0833 e. The highest BCUT2D eigenvalue weighted by Gasteiger charge is 2.61. The van der Waals surface area contributed by atoms with Crippen molar-refractivity contribution in [3.63, 3.8) is 0 Å². The second-order valence-electron chi connectivity index (χ2n) is 5.86. The molecule has 3 aliphatic carbocycles. The molecule has 0 saturated heterocycles. The summed E-state index contributed by atoms with van der Waals surface area (Å²) in [5, 5.41) is 19.7. The average Bonchev–Trinajstić information content (AvgIpc) is 2.72. The van der Waals surface area contributed by atoms with Gasteiger partial charge in [0.1, 0.15) is 0 Å². The van der Waals surface area contributed by atoms with E-state index in [0.29, 0.717) is 23.7 Å². The molecule has 0 aromatic heterocycles. The van der Waals surface area contributed by atoms with Crippen LogP contribution in [0.15, 0.2) is 0 Å². The second-order valence-corrected chi connectivity index (χ2v) is 5.86. The van der Waals surface area contributed by atoms with Gasteiger partial charge in [0.2, 0.25) is 0 Å². The molecule has 80 valence electrons. The van der Waals surface area contributed by atoms with Crippen LogP contribution in [0, 0.1) is 35.5 Å². The first kappa shape index (κ1) is 9.17. The lowest BCUT2D eigenvalue weighted by Gasteiger charge is -2.34. The first-order valence-corrected chi connectivity index (χ1v) is 5.97. The lowest BCUT2D eigenvalue weighted by Crippen LogP contribution is -2.41. The molecule has 14 heavy (non-hydrogen) atoms. The topological polar surface area (TPSA) is 40.5 Å². The van der Waals surface area contributed by atoms with E-state index in [4.69, 9.17) is 0 Å². The fraction of sp³-hybridized carbons (Fsp3) is 1.00. The Bertz CT molecular complexity index is 249. The Morgan fingerprint density at radius 3 is 2.21 bits per heavy atom. The van der Waals surface area contributed by atoms with E-state index >= 15 is 0 Å². The van der Waals surface area contributed by atoms with Crippen molar-refractivity contribution < 1.29 is 10.2 Å². The zero-order chi connectivity index (χ0) is 10.0. The minimum Gasteiger partial charge on any atom is -0.390 e. The van der Waals surface area contributed by atoms with Gasteiger partial charge in [0.05, 0.1) is 12.2 Å². The number of aliphatic hydroxyl groups excluding tert-OH is 2. The highest BCUT2D eigenvalue weighted by Crippen LogP contribution is 2.61. The average molecular weight is 196 g/mol. The fourth-order valence-corrected chi connectivity index (χ4v) is 4.65. The van der Waals surface area contributed by atoms with Gasteiger partial charge in [-0.1, -0.05) is 13.8 Å². The summed E-state index contributed by atoms with van der Waals surface area (Å²) in [6, 6.07) is 0. The van der Waals surface area contributed by atoms with E-state index in [9.17, 15) is 10.2 Å². The number of aliphatic hydroxyl groups is 2. The molecule has 0 heterocycles. The summed E-state index contributed by atoms with van der Waals surface area (Å²) in [6.07, 6.45) is 1.51. The summed E-state index contributed by atoms with van der Waals surface area (Å²) in [5.74, 6) is 3.76. The normalized spacial score (nSPS) is 66.0. The second kappa shape index (κ2) is 2.73. The Balaban J connectivity index is 1.91. The van der Waals surface area contributed by atoms with Crippen molar-refractivity contribution in [1.29, 1.82) is 0 Å². The van der Waals surface area contributed by atoms with Crippen molar-refractivity contribution in [2.24, 2.45) is 35.5 Å². The molecule has 0 aromatic rings. The largest absolute Gasteiger partial charge is 0.390 e. The first-order valence-electron chi connectivity index (χ1n) is 5.97. The van der Waals surface area contributed by atoms with Crippen molar-refractivity contribution in [2.45, 2.75) is 38.9 Å². The SMILES string of the molecule is CC1CC2C3CC(C(O)C3O)C2C1C. The quantitative estimate of drug-likeness (QED) is 0.612. The fourth-order valence-electron chi connectivity index (χ4n) is 4.65. The molecule has 0 spiro atoms. The van der Waals surface area contributed by atoms with E-state index in [1.54, 1.807) is 0 Å². The van der Waals surface area contributed by atoms with E-state index in [0.717, 1.165) is 18.3 Å². The molecule has 3 saturated carbocycles. The van der Waals surface area contributed by atoms with Crippen molar-refractivity contribution in [2.75, 3.05) is 0 Å². The van der Waals surface area contributed by atoms with Crippen LogP contribution in [0.25, 0.3) is 0 Å². The van der Waals surface area contributed by atoms with Gasteiger partial charge in [0.15, 0.2) is 0 Å². The van der Waals surface area contributed by atoms with Gasteiger partial charge in [-0.25, -0.2) is 0 Å². The molecule has 3 rings (SSSR count). The molecular weight excluding hydrogens is 176 g/mol. The maximum absolute atomic E-state index is 9.89. The van der Waals surface area contributed by atoms with Crippen LogP contribution in [0.4, 0.5) is 0 Å². The van der Waals surface area contributed by atoms with Gasteiger partial charge in [-0.2, -0.15) is 0 Å². The van der Waals surface area contributed by atoms with Gasteiger partial charge in [-0.15, -0.1) is 0 Å². The van der Waals surface area contributed by atoms with Gasteiger partial charge in [0.25, 0.3) is 0 Å². The van der Waals surface area contributed by atoms with Gasteiger partial charge in [-0.3, -0.25) is 0 Å². The van der Waals surface area contributed by atoms with Crippen LogP contribution in [-0.2, 0) is 0 Å². The lowest BCUT2D eigenvalue weighted by molar-refractivity contribution is -0.0552. The molecule has 2 nitrogen and oxygen atoms in total. The molecule has 3 fully saturated rings. The summed E-state index contributed by atoms with van der Waals surface area (Å²) in [4.78, 5) is 0. The first-order chi connectivity index (χ1) is 6.61. The molecule has 0 aliphatic heterocycles. The molecule has 3 aliphatic rings. The molecule has 8 atom stereocenters. The molecule has 0 radical (unpaired) electrons. The predicted octanol–water partition coefficient (Wildman–Crippen LogP) is 1.27. The predicted molar refractivity (Wildman–Crippen MR) is 53.5 cm³/mol. The Morgan fingerprint density at radius 2 is 1.50 bits per heavy atom. The van der Waals surface area contributed by atoms with Crippen LogP contribution >= 0.6 is 0 Å². The monoisotopic (exact) mass is 196 g/mol. The molecule has 8 unspecified atom stereocenters. The van der Waals surface area contributed by atoms with E-state index in [-0.39, 0.29) is 0 Å². The number of rotatable bonds is 0. The van der Waals surface area contributed by atoms with Crippen LogP contribution < -0.4 is 0 Å². The molecular formula is C12H20O2. The lowest BCUT2D eigenvalue weighted by atomic mass is 9.75. The van der Waals surface area contributed by atoms with Gasteiger partial charge < -0.3 is 10.2 Å². The number of fused-ring (bicyclic) bond motifs is 5. The molecule has 2 heteroatoms. The van der Waals surface area contributed by atoms with Gasteiger partial charge >= 0.3 is 0 Å². The van der Waals surface area contributed by atoms with Gasteiger partial charge in [0, 0.05) is 0 Å². The van der Waals surface area contributed by atoms with Crippen molar-refractivity contribution in [1.82, 2.24) is 0 Å². The van der Waals surface area contributed by atoms with Crippen molar-refractivity contribution in [3.8, 4) is 0 Å². The van der Waals surface area contributed by atoms with E-state index < -0.39 is 12.2 Å². The summed E-state index contributed by atoms with van der Waals surface area (Å²) in [6.45, 7) is 4.65. The maximum atomic E-state index is 9.89.